The van der Waals surface area contributed by atoms with Gasteiger partial charge in [0.2, 0.25) is 0 Å². The molecule has 0 saturated carbocycles. The van der Waals surface area contributed by atoms with Crippen LogP contribution in [0.5, 0.6) is 0 Å². The monoisotopic (exact) mass is 211 g/mol. The summed E-state index contributed by atoms with van der Waals surface area (Å²) in [6.07, 6.45) is 0.302. The quantitative estimate of drug-likeness (QED) is 0.716. The third-order valence-corrected chi connectivity index (χ3v) is 2.62. The number of hydrogen-bond donors (Lipinski definition) is 0. The van der Waals surface area contributed by atoms with E-state index in [1.807, 2.05) is 17.5 Å². The molecule has 0 aliphatic heterocycles. The van der Waals surface area contributed by atoms with E-state index in [0.29, 0.717) is 13.2 Å². The van der Waals surface area contributed by atoms with Crippen molar-refractivity contribution in [2.45, 2.75) is 13.3 Å². The average molecular weight is 211 g/mol. The molecule has 0 unspecified atom stereocenters. The fourth-order valence-electron chi connectivity index (χ4n) is 0.983. The summed E-state index contributed by atoms with van der Waals surface area (Å²) in [6.45, 7) is 2.59. The van der Waals surface area contributed by atoms with Gasteiger partial charge in [-0.2, -0.15) is 0 Å². The maximum absolute atomic E-state index is 11.1. The molecule has 0 fully saturated rings. The standard InChI is InChI=1S/C10H13NO2S/c1-3-13-10(12)11(2)7-6-9-5-4-8-14-9/h2,4-5,8H,3,6-7H2,1H3. The molecule has 0 N–H and O–H groups in total. The topological polar surface area (TPSA) is 29.5 Å². The number of ether oxygens (including phenoxy) is 1. The smallest absolute Gasteiger partial charge is 0.410 e. The van der Waals surface area contributed by atoms with Crippen molar-refractivity contribution in [2.24, 2.45) is 0 Å². The molecule has 14 heavy (non-hydrogen) atoms. The lowest BCUT2D eigenvalue weighted by molar-refractivity contribution is 0.122. The lowest BCUT2D eigenvalue weighted by atomic mass is 10.3. The molecule has 3 nitrogen and oxygen atoms in total. The first kappa shape index (κ1) is 11.0. The largest absolute Gasteiger partial charge is 0.450 e. The third-order valence-electron chi connectivity index (χ3n) is 1.68. The highest BCUT2D eigenvalue weighted by Crippen LogP contribution is 2.09. The second-order valence-electron chi connectivity index (χ2n) is 2.72. The van der Waals surface area contributed by atoms with Crippen molar-refractivity contribution < 1.29 is 9.53 Å². The number of amides is 1. The molecule has 0 bridgehead atoms. The van der Waals surface area contributed by atoms with Crippen LogP contribution in [0.25, 0.3) is 0 Å². The predicted molar refractivity (Wildman–Crippen MR) is 56.1 cm³/mol. The summed E-state index contributed by atoms with van der Waals surface area (Å²) >= 11 is 1.66. The van der Waals surface area contributed by atoms with E-state index < -0.39 is 6.09 Å². The predicted octanol–water partition coefficient (Wildman–Crippen LogP) is 2.42. The van der Waals surface area contributed by atoms with Crippen LogP contribution in [0.15, 0.2) is 17.5 Å². The summed E-state index contributed by atoms with van der Waals surface area (Å²) in [5.74, 6) is 0. The zero-order valence-corrected chi connectivity index (χ0v) is 8.92. The Kier molecular flexibility index (Phi) is 4.46. The highest BCUT2D eigenvalue weighted by Gasteiger charge is 2.08. The van der Waals surface area contributed by atoms with E-state index in [1.165, 1.54) is 4.88 Å². The van der Waals surface area contributed by atoms with E-state index in [4.69, 9.17) is 11.8 Å². The van der Waals surface area contributed by atoms with Crippen LogP contribution in [0.2, 0.25) is 0 Å². The molecule has 0 spiro atoms. The molecular formula is C10H13NO2S. The SMILES string of the molecule is [CH]N(CCc1cccs1)C(=O)OCC. The van der Waals surface area contributed by atoms with Crippen molar-refractivity contribution in [1.82, 2.24) is 4.90 Å². The lowest BCUT2D eigenvalue weighted by Gasteiger charge is -2.14. The van der Waals surface area contributed by atoms with Gasteiger partial charge < -0.3 is 9.64 Å². The number of carbonyl (C=O) groups is 1. The summed E-state index contributed by atoms with van der Waals surface area (Å²) < 4.78 is 4.74. The average Bonchev–Trinajstić information content (AvgIpc) is 2.67. The molecule has 0 atom stereocenters. The van der Waals surface area contributed by atoms with Gasteiger partial charge in [0.1, 0.15) is 0 Å². The van der Waals surface area contributed by atoms with Gasteiger partial charge in [0.25, 0.3) is 0 Å². The molecule has 1 rings (SSSR count). The Balaban J connectivity index is 2.27. The number of rotatable bonds is 4. The van der Waals surface area contributed by atoms with Gasteiger partial charge in [0.15, 0.2) is 0 Å². The van der Waals surface area contributed by atoms with E-state index in [9.17, 15) is 4.79 Å². The number of hydrogen-bond acceptors (Lipinski definition) is 3. The van der Waals surface area contributed by atoms with Crippen LogP contribution in [-0.4, -0.2) is 24.1 Å². The Morgan fingerprint density at radius 2 is 2.50 bits per heavy atom. The molecule has 1 aromatic rings. The van der Waals surface area contributed by atoms with Gasteiger partial charge in [-0.15, -0.1) is 11.3 Å². The molecule has 76 valence electrons. The van der Waals surface area contributed by atoms with E-state index in [1.54, 1.807) is 18.3 Å². The molecule has 1 amide bonds. The second kappa shape index (κ2) is 5.65. The van der Waals surface area contributed by atoms with Crippen LogP contribution in [0.3, 0.4) is 0 Å². The molecule has 1 aromatic heterocycles. The van der Waals surface area contributed by atoms with E-state index >= 15 is 0 Å². The van der Waals surface area contributed by atoms with E-state index in [2.05, 4.69) is 0 Å². The fourth-order valence-corrected chi connectivity index (χ4v) is 1.68. The van der Waals surface area contributed by atoms with Gasteiger partial charge in [0, 0.05) is 11.4 Å². The number of carbonyl (C=O) groups excluding carboxylic acids is 1. The highest BCUT2D eigenvalue weighted by atomic mass is 32.1. The van der Waals surface area contributed by atoms with Crippen molar-refractivity contribution in [3.05, 3.63) is 29.4 Å². The Morgan fingerprint density at radius 1 is 1.71 bits per heavy atom. The van der Waals surface area contributed by atoms with Crippen LogP contribution in [0.4, 0.5) is 4.79 Å². The molecule has 0 aliphatic rings. The summed E-state index contributed by atoms with van der Waals surface area (Å²) in [5, 5.41) is 2.00. The van der Waals surface area contributed by atoms with E-state index in [-0.39, 0.29) is 0 Å². The molecule has 0 aromatic carbocycles. The Bertz CT molecular complexity index is 272. The molecular weight excluding hydrogens is 198 g/mol. The van der Waals surface area contributed by atoms with Crippen LogP contribution in [-0.2, 0) is 11.2 Å². The van der Waals surface area contributed by atoms with Crippen LogP contribution >= 0.6 is 11.3 Å². The second-order valence-corrected chi connectivity index (χ2v) is 3.75. The van der Waals surface area contributed by atoms with E-state index in [0.717, 1.165) is 11.3 Å². The first-order chi connectivity index (χ1) is 6.74. The Labute approximate surface area is 88.3 Å². The molecule has 4 heteroatoms. The van der Waals surface area contributed by atoms with Crippen LogP contribution in [0.1, 0.15) is 11.8 Å². The minimum Gasteiger partial charge on any atom is -0.450 e. The van der Waals surface area contributed by atoms with Gasteiger partial charge in [-0.05, 0) is 24.8 Å². The van der Waals surface area contributed by atoms with Crippen molar-refractivity contribution in [3.8, 4) is 0 Å². The van der Waals surface area contributed by atoms with Gasteiger partial charge in [-0.1, -0.05) is 6.07 Å². The van der Waals surface area contributed by atoms with Crippen molar-refractivity contribution in [2.75, 3.05) is 13.2 Å². The maximum Gasteiger partial charge on any atom is 0.410 e. The van der Waals surface area contributed by atoms with Gasteiger partial charge in [-0.3, -0.25) is 0 Å². The number of thiophene rings is 1. The normalized spacial score (nSPS) is 9.86. The van der Waals surface area contributed by atoms with Gasteiger partial charge in [-0.25, -0.2) is 4.79 Å². The zero-order chi connectivity index (χ0) is 10.4. The fraction of sp³-hybridized carbons (Fsp3) is 0.400. The van der Waals surface area contributed by atoms with Crippen molar-refractivity contribution in [3.63, 3.8) is 0 Å². The first-order valence-corrected chi connectivity index (χ1v) is 5.33. The summed E-state index contributed by atoms with van der Waals surface area (Å²) in [7, 11) is 5.48. The first-order valence-electron chi connectivity index (χ1n) is 4.45. The molecule has 1 heterocycles. The highest BCUT2D eigenvalue weighted by molar-refractivity contribution is 7.09. The van der Waals surface area contributed by atoms with Crippen molar-refractivity contribution in [1.29, 1.82) is 0 Å². The molecule has 2 radical (unpaired) electrons. The summed E-state index contributed by atoms with van der Waals surface area (Å²) in [5.41, 5.74) is 0. The van der Waals surface area contributed by atoms with Crippen LogP contribution in [0, 0.1) is 7.05 Å². The third kappa shape index (κ3) is 3.38. The van der Waals surface area contributed by atoms with Crippen molar-refractivity contribution >= 4 is 17.4 Å². The minimum atomic E-state index is -0.468. The van der Waals surface area contributed by atoms with Gasteiger partial charge >= 0.3 is 6.09 Å². The molecule has 0 saturated heterocycles. The van der Waals surface area contributed by atoms with Gasteiger partial charge in [0.05, 0.1) is 13.7 Å². The Hall–Kier alpha value is -1.03. The lowest BCUT2D eigenvalue weighted by Crippen LogP contribution is -2.27. The summed E-state index contributed by atoms with van der Waals surface area (Å²) in [6, 6.07) is 3.99. The molecule has 0 aliphatic carbocycles. The minimum absolute atomic E-state index is 0.353. The maximum atomic E-state index is 11.1. The Morgan fingerprint density at radius 3 is 3.07 bits per heavy atom. The van der Waals surface area contributed by atoms with Crippen LogP contribution < -0.4 is 0 Å². The number of nitrogens with zero attached hydrogens (tertiary/aromatic N) is 1. The zero-order valence-electron chi connectivity index (χ0n) is 8.10. The summed E-state index contributed by atoms with van der Waals surface area (Å²) in [4.78, 5) is 13.4.